The van der Waals surface area contributed by atoms with Crippen LogP contribution in [0.2, 0.25) is 0 Å². The molecule has 7 heteroatoms. The molecule has 0 saturated heterocycles. The number of amides is 1. The van der Waals surface area contributed by atoms with Crippen molar-refractivity contribution in [2.45, 2.75) is 11.4 Å². The van der Waals surface area contributed by atoms with Crippen LogP contribution < -0.4 is 5.32 Å². The lowest BCUT2D eigenvalue weighted by atomic mass is 10.1. The Labute approximate surface area is 153 Å². The molecule has 0 spiro atoms. The second-order valence-electron chi connectivity index (χ2n) is 6.25. The molecular formula is C19H21N3O3S. The van der Waals surface area contributed by atoms with Gasteiger partial charge in [0.1, 0.15) is 0 Å². The Hall–Kier alpha value is -2.64. The van der Waals surface area contributed by atoms with E-state index in [9.17, 15) is 13.2 Å². The van der Waals surface area contributed by atoms with Crippen molar-refractivity contribution in [3.8, 4) is 0 Å². The number of benzene rings is 2. The van der Waals surface area contributed by atoms with Crippen molar-refractivity contribution in [1.82, 2.24) is 14.2 Å². The molecule has 0 aliphatic carbocycles. The highest BCUT2D eigenvalue weighted by Gasteiger charge is 2.21. The number of carbonyl (C=O) groups is 1. The van der Waals surface area contributed by atoms with Crippen LogP contribution in [0.1, 0.15) is 15.9 Å². The predicted molar refractivity (Wildman–Crippen MR) is 101 cm³/mol. The lowest BCUT2D eigenvalue weighted by Crippen LogP contribution is -2.27. The van der Waals surface area contributed by atoms with Gasteiger partial charge in [-0.1, -0.05) is 36.4 Å². The molecule has 0 atom stereocenters. The van der Waals surface area contributed by atoms with Crippen LogP contribution in [0.15, 0.2) is 59.6 Å². The van der Waals surface area contributed by atoms with Gasteiger partial charge in [0.25, 0.3) is 5.91 Å². The van der Waals surface area contributed by atoms with Crippen LogP contribution in [0.25, 0.3) is 10.9 Å². The van der Waals surface area contributed by atoms with E-state index in [1.54, 1.807) is 30.5 Å². The SMILES string of the molecule is CN(C)S(=O)(=O)c1ccccc1CNC(=O)c1cn(C)c2ccccc12. The van der Waals surface area contributed by atoms with Crippen molar-refractivity contribution in [3.05, 3.63) is 65.9 Å². The molecule has 26 heavy (non-hydrogen) atoms. The highest BCUT2D eigenvalue weighted by molar-refractivity contribution is 7.89. The fourth-order valence-corrected chi connectivity index (χ4v) is 4.01. The average Bonchev–Trinajstić information content (AvgIpc) is 2.97. The lowest BCUT2D eigenvalue weighted by molar-refractivity contribution is 0.0952. The summed E-state index contributed by atoms with van der Waals surface area (Å²) in [5.74, 6) is -0.237. The van der Waals surface area contributed by atoms with Crippen LogP contribution in [0, 0.1) is 0 Å². The molecule has 0 radical (unpaired) electrons. The quantitative estimate of drug-likeness (QED) is 0.748. The van der Waals surface area contributed by atoms with Crippen molar-refractivity contribution >= 4 is 26.8 Å². The number of nitrogens with zero attached hydrogens (tertiary/aromatic N) is 2. The zero-order valence-corrected chi connectivity index (χ0v) is 15.7. The number of sulfonamides is 1. The Morgan fingerprint density at radius 2 is 1.73 bits per heavy atom. The minimum atomic E-state index is -3.57. The lowest BCUT2D eigenvalue weighted by Gasteiger charge is -2.15. The van der Waals surface area contributed by atoms with Gasteiger partial charge in [0, 0.05) is 44.8 Å². The molecule has 0 unspecified atom stereocenters. The number of nitrogens with one attached hydrogen (secondary N) is 1. The molecule has 0 aliphatic heterocycles. The van der Waals surface area contributed by atoms with Crippen molar-refractivity contribution < 1.29 is 13.2 Å². The summed E-state index contributed by atoms with van der Waals surface area (Å²) in [6.07, 6.45) is 1.78. The van der Waals surface area contributed by atoms with Crippen molar-refractivity contribution in [2.75, 3.05) is 14.1 Å². The normalized spacial score (nSPS) is 11.8. The van der Waals surface area contributed by atoms with Crippen molar-refractivity contribution in [2.24, 2.45) is 7.05 Å². The molecule has 136 valence electrons. The number of carbonyl (C=O) groups excluding carboxylic acids is 1. The summed E-state index contributed by atoms with van der Waals surface area (Å²) in [7, 11) is 1.29. The molecule has 0 aliphatic rings. The third-order valence-corrected chi connectivity index (χ3v) is 6.23. The van der Waals surface area contributed by atoms with Gasteiger partial charge in [-0.15, -0.1) is 0 Å². The minimum absolute atomic E-state index is 0.130. The van der Waals surface area contributed by atoms with E-state index in [4.69, 9.17) is 0 Å². The van der Waals surface area contributed by atoms with Gasteiger partial charge in [-0.05, 0) is 17.7 Å². The standard InChI is InChI=1S/C19H21N3O3S/c1-21(2)26(24,25)18-11-7-4-8-14(18)12-20-19(23)16-13-22(3)17-10-6-5-9-15(16)17/h4-11,13H,12H2,1-3H3,(H,20,23). The zero-order valence-electron chi connectivity index (χ0n) is 14.9. The van der Waals surface area contributed by atoms with E-state index < -0.39 is 10.0 Å². The Kier molecular flexibility index (Phi) is 4.84. The maximum absolute atomic E-state index is 12.7. The molecular weight excluding hydrogens is 350 g/mol. The Morgan fingerprint density at radius 1 is 1.08 bits per heavy atom. The van der Waals surface area contributed by atoms with E-state index >= 15 is 0 Å². The zero-order chi connectivity index (χ0) is 18.9. The maximum Gasteiger partial charge on any atom is 0.253 e. The van der Waals surface area contributed by atoms with Gasteiger partial charge < -0.3 is 9.88 Å². The maximum atomic E-state index is 12.7. The number of para-hydroxylation sites is 1. The van der Waals surface area contributed by atoms with Gasteiger partial charge in [0.15, 0.2) is 0 Å². The van der Waals surface area contributed by atoms with Gasteiger partial charge in [0.05, 0.1) is 10.5 Å². The van der Waals surface area contributed by atoms with E-state index in [2.05, 4.69) is 5.32 Å². The van der Waals surface area contributed by atoms with Gasteiger partial charge in [0.2, 0.25) is 10.0 Å². The second kappa shape index (κ2) is 6.93. The summed E-state index contributed by atoms with van der Waals surface area (Å²) < 4.78 is 28.0. The fraction of sp³-hybridized carbons (Fsp3) is 0.211. The van der Waals surface area contributed by atoms with E-state index in [0.29, 0.717) is 11.1 Å². The molecule has 1 heterocycles. The fourth-order valence-electron chi connectivity index (χ4n) is 2.89. The molecule has 0 bridgehead atoms. The number of rotatable bonds is 5. The molecule has 1 aromatic heterocycles. The summed E-state index contributed by atoms with van der Waals surface area (Å²) in [4.78, 5) is 12.9. The van der Waals surface area contributed by atoms with Crippen LogP contribution in [0.3, 0.4) is 0 Å². The highest BCUT2D eigenvalue weighted by atomic mass is 32.2. The van der Waals surface area contributed by atoms with Crippen LogP contribution in [0.5, 0.6) is 0 Å². The first-order chi connectivity index (χ1) is 12.3. The van der Waals surface area contributed by atoms with Gasteiger partial charge in [-0.25, -0.2) is 12.7 Å². The summed E-state index contributed by atoms with van der Waals surface area (Å²) in [6, 6.07) is 14.3. The van der Waals surface area contributed by atoms with Crippen LogP contribution in [-0.2, 0) is 23.6 Å². The largest absolute Gasteiger partial charge is 0.350 e. The second-order valence-corrected chi connectivity index (χ2v) is 8.37. The van der Waals surface area contributed by atoms with Gasteiger partial charge in [-0.3, -0.25) is 4.79 Å². The minimum Gasteiger partial charge on any atom is -0.350 e. The summed E-state index contributed by atoms with van der Waals surface area (Å²) >= 11 is 0. The van der Waals surface area contributed by atoms with E-state index in [0.717, 1.165) is 10.9 Å². The first kappa shape index (κ1) is 18.2. The molecule has 3 rings (SSSR count). The molecule has 2 aromatic carbocycles. The number of fused-ring (bicyclic) bond motifs is 1. The smallest absolute Gasteiger partial charge is 0.253 e. The third kappa shape index (κ3) is 3.23. The summed E-state index contributed by atoms with van der Waals surface area (Å²) in [6.45, 7) is 0.130. The highest BCUT2D eigenvalue weighted by Crippen LogP contribution is 2.21. The first-order valence-electron chi connectivity index (χ1n) is 8.15. The summed E-state index contributed by atoms with van der Waals surface area (Å²) in [5.41, 5.74) is 2.08. The van der Waals surface area contributed by atoms with Crippen LogP contribution in [-0.4, -0.2) is 37.3 Å². The molecule has 1 amide bonds. The average molecular weight is 371 g/mol. The van der Waals surface area contributed by atoms with Crippen molar-refractivity contribution in [1.29, 1.82) is 0 Å². The molecule has 0 saturated carbocycles. The van der Waals surface area contributed by atoms with Gasteiger partial charge in [-0.2, -0.15) is 0 Å². The van der Waals surface area contributed by atoms with Crippen molar-refractivity contribution in [3.63, 3.8) is 0 Å². The van der Waals surface area contributed by atoms with E-state index in [-0.39, 0.29) is 17.3 Å². The van der Waals surface area contributed by atoms with Crippen LogP contribution >= 0.6 is 0 Å². The number of aromatic nitrogens is 1. The Balaban J connectivity index is 1.87. The number of hydrogen-bond donors (Lipinski definition) is 1. The number of hydrogen-bond acceptors (Lipinski definition) is 3. The monoisotopic (exact) mass is 371 g/mol. The van der Waals surface area contributed by atoms with E-state index in [1.165, 1.54) is 18.4 Å². The first-order valence-corrected chi connectivity index (χ1v) is 9.59. The molecule has 6 nitrogen and oxygen atoms in total. The Morgan fingerprint density at radius 3 is 2.46 bits per heavy atom. The summed E-state index contributed by atoms with van der Waals surface area (Å²) in [5, 5.41) is 3.70. The molecule has 3 aromatic rings. The topological polar surface area (TPSA) is 71.4 Å². The van der Waals surface area contributed by atoms with Gasteiger partial charge >= 0.3 is 0 Å². The molecule has 0 fully saturated rings. The molecule has 1 N–H and O–H groups in total. The third-order valence-electron chi connectivity index (χ3n) is 4.31. The van der Waals surface area contributed by atoms with Crippen LogP contribution in [0.4, 0.5) is 0 Å². The van der Waals surface area contributed by atoms with E-state index in [1.807, 2.05) is 35.9 Å². The predicted octanol–water partition coefficient (Wildman–Crippen LogP) is 2.36. The number of aryl methyl sites for hydroxylation is 1. The Bertz CT molecular complexity index is 1070.